The van der Waals surface area contributed by atoms with Crippen molar-refractivity contribution >= 4 is 0 Å². The maximum absolute atomic E-state index is 5.78. The summed E-state index contributed by atoms with van der Waals surface area (Å²) >= 11 is 0. The van der Waals surface area contributed by atoms with Gasteiger partial charge in [-0.2, -0.15) is 0 Å². The van der Waals surface area contributed by atoms with Gasteiger partial charge in [-0.05, 0) is 57.5 Å². The van der Waals surface area contributed by atoms with E-state index in [1.54, 1.807) is 0 Å². The number of rotatable bonds is 6. The Labute approximate surface area is 116 Å². The molecule has 3 nitrogen and oxygen atoms in total. The van der Waals surface area contributed by atoms with Crippen molar-refractivity contribution in [2.75, 3.05) is 33.3 Å². The average Bonchev–Trinajstić information content (AvgIpc) is 2.44. The Morgan fingerprint density at radius 3 is 3.05 bits per heavy atom. The lowest BCUT2D eigenvalue weighted by molar-refractivity contribution is 0.186. The van der Waals surface area contributed by atoms with Crippen LogP contribution in [-0.2, 0) is 0 Å². The number of likely N-dealkylation sites (N-methyl/N-ethyl adjacent to an activating group) is 1. The summed E-state index contributed by atoms with van der Waals surface area (Å²) in [4.78, 5) is 2.46. The third-order valence-electron chi connectivity index (χ3n) is 3.81. The molecule has 3 heteroatoms. The first-order valence-corrected chi connectivity index (χ1v) is 7.36. The van der Waals surface area contributed by atoms with Gasteiger partial charge in [-0.3, -0.25) is 0 Å². The molecule has 0 amide bonds. The number of nitrogens with zero attached hydrogens (tertiary/aromatic N) is 1. The number of piperidine rings is 1. The quantitative estimate of drug-likeness (QED) is 0.797. The van der Waals surface area contributed by atoms with Crippen molar-refractivity contribution in [3.05, 3.63) is 29.8 Å². The number of nitrogens with one attached hydrogen (secondary N) is 1. The van der Waals surface area contributed by atoms with E-state index in [1.807, 2.05) is 12.1 Å². The smallest absolute Gasteiger partial charge is 0.119 e. The molecule has 0 radical (unpaired) electrons. The van der Waals surface area contributed by atoms with E-state index in [0.717, 1.165) is 31.9 Å². The molecule has 1 aliphatic heterocycles. The third kappa shape index (κ3) is 4.84. The minimum atomic E-state index is 0.702. The molecule has 2 rings (SSSR count). The monoisotopic (exact) mass is 262 g/mol. The summed E-state index contributed by atoms with van der Waals surface area (Å²) in [6.07, 6.45) is 3.71. The van der Waals surface area contributed by atoms with Gasteiger partial charge in [-0.1, -0.05) is 12.1 Å². The van der Waals surface area contributed by atoms with E-state index in [-0.39, 0.29) is 0 Å². The van der Waals surface area contributed by atoms with Crippen molar-refractivity contribution in [2.45, 2.75) is 32.2 Å². The fourth-order valence-corrected chi connectivity index (χ4v) is 2.60. The van der Waals surface area contributed by atoms with Crippen LogP contribution in [0.4, 0.5) is 0 Å². The SMILES string of the molecule is Cc1cccc(OCCCN(C)C2CCCNC2)c1. The lowest BCUT2D eigenvalue weighted by Gasteiger charge is -2.31. The van der Waals surface area contributed by atoms with Crippen LogP contribution in [0.15, 0.2) is 24.3 Å². The van der Waals surface area contributed by atoms with Crippen LogP contribution in [0, 0.1) is 6.92 Å². The number of ether oxygens (including phenoxy) is 1. The molecular formula is C16H26N2O. The summed E-state index contributed by atoms with van der Waals surface area (Å²) in [5.41, 5.74) is 1.25. The lowest BCUT2D eigenvalue weighted by atomic mass is 10.1. The van der Waals surface area contributed by atoms with Crippen molar-refractivity contribution in [3.63, 3.8) is 0 Å². The van der Waals surface area contributed by atoms with Crippen molar-refractivity contribution in [3.8, 4) is 5.75 Å². The summed E-state index contributed by atoms with van der Waals surface area (Å²) in [5, 5.41) is 3.47. The molecule has 1 saturated heterocycles. The van der Waals surface area contributed by atoms with Crippen LogP contribution in [0.5, 0.6) is 5.75 Å². The van der Waals surface area contributed by atoms with Crippen LogP contribution < -0.4 is 10.1 Å². The number of hydrogen-bond donors (Lipinski definition) is 1. The molecule has 1 aromatic carbocycles. The molecule has 0 spiro atoms. The van der Waals surface area contributed by atoms with Crippen molar-refractivity contribution in [2.24, 2.45) is 0 Å². The van der Waals surface area contributed by atoms with Crippen molar-refractivity contribution < 1.29 is 4.74 Å². The van der Waals surface area contributed by atoms with Gasteiger partial charge < -0.3 is 15.0 Å². The highest BCUT2D eigenvalue weighted by Crippen LogP contribution is 2.13. The van der Waals surface area contributed by atoms with E-state index in [2.05, 4.69) is 36.3 Å². The normalized spacial score (nSPS) is 19.6. The zero-order valence-corrected chi connectivity index (χ0v) is 12.2. The first kappa shape index (κ1) is 14.4. The standard InChI is InChI=1S/C16H26N2O/c1-14-6-3-8-16(12-14)19-11-5-10-18(2)15-7-4-9-17-13-15/h3,6,8,12,15,17H,4-5,7,9-11,13H2,1-2H3. The van der Waals surface area contributed by atoms with Crippen molar-refractivity contribution in [1.29, 1.82) is 0 Å². The summed E-state index contributed by atoms with van der Waals surface area (Å²) in [5.74, 6) is 0.988. The fourth-order valence-electron chi connectivity index (χ4n) is 2.60. The molecule has 1 aliphatic rings. The highest BCUT2D eigenvalue weighted by Gasteiger charge is 2.16. The molecule has 0 aliphatic carbocycles. The van der Waals surface area contributed by atoms with Crippen LogP contribution in [0.3, 0.4) is 0 Å². The summed E-state index contributed by atoms with van der Waals surface area (Å²) < 4.78 is 5.78. The number of aryl methyl sites for hydroxylation is 1. The molecule has 0 bridgehead atoms. The highest BCUT2D eigenvalue weighted by atomic mass is 16.5. The van der Waals surface area contributed by atoms with Gasteiger partial charge in [-0.15, -0.1) is 0 Å². The lowest BCUT2D eigenvalue weighted by Crippen LogP contribution is -2.44. The second kappa shape index (κ2) is 7.51. The topological polar surface area (TPSA) is 24.5 Å². The molecule has 1 N–H and O–H groups in total. The van der Waals surface area contributed by atoms with Crippen LogP contribution in [0.1, 0.15) is 24.8 Å². The minimum absolute atomic E-state index is 0.702. The third-order valence-corrected chi connectivity index (χ3v) is 3.81. The Hall–Kier alpha value is -1.06. The first-order valence-electron chi connectivity index (χ1n) is 7.36. The molecule has 1 heterocycles. The van der Waals surface area contributed by atoms with Gasteiger partial charge in [0.05, 0.1) is 6.61 Å². The predicted molar refractivity (Wildman–Crippen MR) is 79.8 cm³/mol. The predicted octanol–water partition coefficient (Wildman–Crippen LogP) is 2.45. The molecule has 0 aromatic heterocycles. The summed E-state index contributed by atoms with van der Waals surface area (Å²) in [6, 6.07) is 8.96. The zero-order valence-electron chi connectivity index (χ0n) is 12.2. The molecule has 1 unspecified atom stereocenters. The summed E-state index contributed by atoms with van der Waals surface area (Å²) in [6.45, 7) is 6.32. The molecule has 1 fully saturated rings. The van der Waals surface area contributed by atoms with Crippen LogP contribution in [0.2, 0.25) is 0 Å². The van der Waals surface area contributed by atoms with Gasteiger partial charge in [0.2, 0.25) is 0 Å². The Balaban J connectivity index is 1.63. The highest BCUT2D eigenvalue weighted by molar-refractivity contribution is 5.27. The van der Waals surface area contributed by atoms with Crippen LogP contribution >= 0.6 is 0 Å². The molecule has 1 atom stereocenters. The second-order valence-corrected chi connectivity index (χ2v) is 5.50. The van der Waals surface area contributed by atoms with E-state index in [9.17, 15) is 0 Å². The van der Waals surface area contributed by atoms with E-state index in [0.29, 0.717) is 6.04 Å². The maximum Gasteiger partial charge on any atom is 0.119 e. The molecule has 19 heavy (non-hydrogen) atoms. The molecule has 0 saturated carbocycles. The van der Waals surface area contributed by atoms with E-state index in [1.165, 1.54) is 24.9 Å². The van der Waals surface area contributed by atoms with E-state index < -0.39 is 0 Å². The van der Waals surface area contributed by atoms with Crippen LogP contribution in [0.25, 0.3) is 0 Å². The number of benzene rings is 1. The average molecular weight is 262 g/mol. The molecule has 1 aromatic rings. The Kier molecular flexibility index (Phi) is 5.67. The summed E-state index contributed by atoms with van der Waals surface area (Å²) in [7, 11) is 2.23. The van der Waals surface area contributed by atoms with Gasteiger partial charge in [0.15, 0.2) is 0 Å². The van der Waals surface area contributed by atoms with E-state index in [4.69, 9.17) is 4.74 Å². The zero-order chi connectivity index (χ0) is 13.5. The molecule has 106 valence electrons. The second-order valence-electron chi connectivity index (χ2n) is 5.50. The largest absolute Gasteiger partial charge is 0.494 e. The molecular weight excluding hydrogens is 236 g/mol. The van der Waals surface area contributed by atoms with Crippen LogP contribution in [-0.4, -0.2) is 44.2 Å². The van der Waals surface area contributed by atoms with Gasteiger partial charge in [0, 0.05) is 19.1 Å². The Bertz CT molecular complexity index is 375. The Morgan fingerprint density at radius 2 is 2.32 bits per heavy atom. The van der Waals surface area contributed by atoms with Gasteiger partial charge in [0.25, 0.3) is 0 Å². The van der Waals surface area contributed by atoms with Gasteiger partial charge in [0.1, 0.15) is 5.75 Å². The van der Waals surface area contributed by atoms with Crippen molar-refractivity contribution in [1.82, 2.24) is 10.2 Å². The van der Waals surface area contributed by atoms with E-state index >= 15 is 0 Å². The fraction of sp³-hybridized carbons (Fsp3) is 0.625. The van der Waals surface area contributed by atoms with Gasteiger partial charge >= 0.3 is 0 Å². The Morgan fingerprint density at radius 1 is 1.42 bits per heavy atom. The minimum Gasteiger partial charge on any atom is -0.494 e. The number of hydrogen-bond acceptors (Lipinski definition) is 3. The van der Waals surface area contributed by atoms with Gasteiger partial charge in [-0.25, -0.2) is 0 Å². The first-order chi connectivity index (χ1) is 9.25. The maximum atomic E-state index is 5.78.